The fourth-order valence-corrected chi connectivity index (χ4v) is 3.01. The number of nitrogens with one attached hydrogen (secondary N) is 1. The van der Waals surface area contributed by atoms with Gasteiger partial charge in [-0.1, -0.05) is 20.8 Å². The van der Waals surface area contributed by atoms with E-state index in [2.05, 4.69) is 44.0 Å². The molecule has 1 aromatic carbocycles. The summed E-state index contributed by atoms with van der Waals surface area (Å²) >= 11 is 0. The minimum Gasteiger partial charge on any atom is -0.365 e. The monoisotopic (exact) mass is 278 g/mol. The molecule has 2 rings (SSSR count). The predicted octanol–water partition coefficient (Wildman–Crippen LogP) is 3.74. The van der Waals surface area contributed by atoms with E-state index in [1.54, 1.807) is 12.1 Å². The van der Waals surface area contributed by atoms with Crippen molar-refractivity contribution in [1.82, 2.24) is 5.32 Å². The first-order valence-corrected chi connectivity index (χ1v) is 7.63. The molecular formula is C17H27FN2. The molecule has 0 spiro atoms. The molecule has 0 aromatic heterocycles. The summed E-state index contributed by atoms with van der Waals surface area (Å²) in [6.45, 7) is 12.8. The fraction of sp³-hybridized carbons (Fsp3) is 0.647. The van der Waals surface area contributed by atoms with E-state index >= 15 is 0 Å². The van der Waals surface area contributed by atoms with Gasteiger partial charge in [0.05, 0.1) is 0 Å². The molecule has 112 valence electrons. The van der Waals surface area contributed by atoms with E-state index < -0.39 is 0 Å². The van der Waals surface area contributed by atoms with Crippen LogP contribution in [-0.2, 0) is 0 Å². The van der Waals surface area contributed by atoms with Crippen molar-refractivity contribution < 1.29 is 4.39 Å². The maximum Gasteiger partial charge on any atom is 0.125 e. The highest BCUT2D eigenvalue weighted by atomic mass is 19.1. The van der Waals surface area contributed by atoms with Crippen molar-refractivity contribution >= 4 is 5.69 Å². The van der Waals surface area contributed by atoms with Gasteiger partial charge in [-0.3, -0.25) is 0 Å². The van der Waals surface area contributed by atoms with Gasteiger partial charge in [-0.2, -0.15) is 0 Å². The molecule has 0 radical (unpaired) electrons. The van der Waals surface area contributed by atoms with Gasteiger partial charge in [0.1, 0.15) is 5.82 Å². The van der Waals surface area contributed by atoms with Crippen LogP contribution >= 0.6 is 0 Å². The lowest BCUT2D eigenvalue weighted by atomic mass is 9.89. The minimum absolute atomic E-state index is 0.103. The van der Waals surface area contributed by atoms with Gasteiger partial charge in [-0.05, 0) is 49.9 Å². The topological polar surface area (TPSA) is 15.3 Å². The summed E-state index contributed by atoms with van der Waals surface area (Å²) in [7, 11) is 0. The smallest absolute Gasteiger partial charge is 0.125 e. The SMILES string of the molecule is CCC1(C)CN(c2cc(C)cc(F)c2)C(C(C)C)CN1. The zero-order valence-corrected chi connectivity index (χ0v) is 13.3. The summed E-state index contributed by atoms with van der Waals surface area (Å²) < 4.78 is 13.7. The Balaban J connectivity index is 2.36. The van der Waals surface area contributed by atoms with Gasteiger partial charge in [-0.15, -0.1) is 0 Å². The first-order chi connectivity index (χ1) is 9.34. The van der Waals surface area contributed by atoms with Crippen LogP contribution in [0.3, 0.4) is 0 Å². The lowest BCUT2D eigenvalue weighted by Crippen LogP contribution is -2.64. The predicted molar refractivity (Wildman–Crippen MR) is 83.8 cm³/mol. The van der Waals surface area contributed by atoms with E-state index in [9.17, 15) is 4.39 Å². The second kappa shape index (κ2) is 5.72. The number of aryl methyl sites for hydroxylation is 1. The molecule has 1 fully saturated rings. The second-order valence-corrected chi connectivity index (χ2v) is 6.72. The van der Waals surface area contributed by atoms with Crippen LogP contribution in [0.5, 0.6) is 0 Å². The highest BCUT2D eigenvalue weighted by Crippen LogP contribution is 2.29. The van der Waals surface area contributed by atoms with Crippen molar-refractivity contribution in [3.8, 4) is 0 Å². The van der Waals surface area contributed by atoms with Crippen molar-refractivity contribution in [3.05, 3.63) is 29.6 Å². The summed E-state index contributed by atoms with van der Waals surface area (Å²) in [5.74, 6) is 0.395. The third kappa shape index (κ3) is 3.14. The molecule has 2 nitrogen and oxygen atoms in total. The third-order valence-electron chi connectivity index (χ3n) is 4.57. The van der Waals surface area contributed by atoms with E-state index in [1.165, 1.54) is 0 Å². The van der Waals surface area contributed by atoms with Gasteiger partial charge < -0.3 is 10.2 Å². The summed E-state index contributed by atoms with van der Waals surface area (Å²) in [5, 5.41) is 3.67. The van der Waals surface area contributed by atoms with E-state index in [0.717, 1.165) is 30.8 Å². The lowest BCUT2D eigenvalue weighted by Gasteiger charge is -2.48. The van der Waals surface area contributed by atoms with Gasteiger partial charge in [0.2, 0.25) is 0 Å². The van der Waals surface area contributed by atoms with Crippen LogP contribution in [0.2, 0.25) is 0 Å². The van der Waals surface area contributed by atoms with E-state index in [0.29, 0.717) is 12.0 Å². The van der Waals surface area contributed by atoms with Gasteiger partial charge in [-0.25, -0.2) is 4.39 Å². The van der Waals surface area contributed by atoms with Crippen LogP contribution < -0.4 is 10.2 Å². The number of hydrogen-bond donors (Lipinski definition) is 1. The molecule has 1 N–H and O–H groups in total. The highest BCUT2D eigenvalue weighted by molar-refractivity contribution is 5.51. The molecule has 1 heterocycles. The lowest BCUT2D eigenvalue weighted by molar-refractivity contribution is 0.253. The molecule has 0 saturated carbocycles. The Morgan fingerprint density at radius 2 is 2.10 bits per heavy atom. The van der Waals surface area contributed by atoms with Gasteiger partial charge >= 0.3 is 0 Å². The second-order valence-electron chi connectivity index (χ2n) is 6.72. The molecule has 3 heteroatoms. The molecule has 0 bridgehead atoms. The third-order valence-corrected chi connectivity index (χ3v) is 4.57. The van der Waals surface area contributed by atoms with E-state index in [4.69, 9.17) is 0 Å². The Kier molecular flexibility index (Phi) is 4.38. The molecule has 2 unspecified atom stereocenters. The molecule has 0 aliphatic carbocycles. The van der Waals surface area contributed by atoms with Crippen molar-refractivity contribution in [1.29, 1.82) is 0 Å². The Morgan fingerprint density at radius 3 is 2.65 bits per heavy atom. The van der Waals surface area contributed by atoms with Crippen LogP contribution in [0.4, 0.5) is 10.1 Å². The average Bonchev–Trinajstić information content (AvgIpc) is 2.37. The maximum absolute atomic E-state index is 13.7. The first-order valence-electron chi connectivity index (χ1n) is 7.63. The summed E-state index contributed by atoms with van der Waals surface area (Å²) in [6.07, 6.45) is 1.07. The van der Waals surface area contributed by atoms with E-state index in [1.807, 2.05) is 6.92 Å². The van der Waals surface area contributed by atoms with Crippen molar-refractivity contribution in [2.75, 3.05) is 18.0 Å². The summed E-state index contributed by atoms with van der Waals surface area (Å²) in [4.78, 5) is 2.39. The largest absolute Gasteiger partial charge is 0.365 e. The molecule has 0 amide bonds. The normalized spacial score (nSPS) is 27.1. The van der Waals surface area contributed by atoms with Crippen LogP contribution in [0.1, 0.15) is 39.7 Å². The molecular weight excluding hydrogens is 251 g/mol. The molecule has 1 aliphatic rings. The quantitative estimate of drug-likeness (QED) is 0.906. The molecule has 1 aromatic rings. The van der Waals surface area contributed by atoms with Crippen LogP contribution in [-0.4, -0.2) is 24.7 Å². The highest BCUT2D eigenvalue weighted by Gasteiger charge is 2.36. The van der Waals surface area contributed by atoms with Crippen LogP contribution in [0.25, 0.3) is 0 Å². The Hall–Kier alpha value is -1.09. The van der Waals surface area contributed by atoms with Crippen molar-refractivity contribution in [2.45, 2.75) is 52.6 Å². The Bertz CT molecular complexity index is 452. The van der Waals surface area contributed by atoms with Gasteiger partial charge in [0.15, 0.2) is 0 Å². The van der Waals surface area contributed by atoms with Gasteiger partial charge in [0, 0.05) is 30.4 Å². The molecule has 20 heavy (non-hydrogen) atoms. The minimum atomic E-state index is -0.140. The van der Waals surface area contributed by atoms with Crippen molar-refractivity contribution in [2.24, 2.45) is 5.92 Å². The zero-order chi connectivity index (χ0) is 14.9. The number of halogens is 1. The first kappa shape index (κ1) is 15.3. The van der Waals surface area contributed by atoms with Crippen LogP contribution in [0, 0.1) is 18.7 Å². The Morgan fingerprint density at radius 1 is 1.40 bits per heavy atom. The van der Waals surface area contributed by atoms with Gasteiger partial charge in [0.25, 0.3) is 0 Å². The number of rotatable bonds is 3. The van der Waals surface area contributed by atoms with Crippen molar-refractivity contribution in [3.63, 3.8) is 0 Å². The number of nitrogens with zero attached hydrogens (tertiary/aromatic N) is 1. The number of benzene rings is 1. The molecule has 2 atom stereocenters. The number of anilines is 1. The maximum atomic E-state index is 13.7. The Labute approximate surface area is 122 Å². The fourth-order valence-electron chi connectivity index (χ4n) is 3.01. The number of piperazine rings is 1. The molecule has 1 saturated heterocycles. The van der Waals surface area contributed by atoms with E-state index in [-0.39, 0.29) is 11.4 Å². The average molecular weight is 278 g/mol. The summed E-state index contributed by atoms with van der Waals surface area (Å²) in [6, 6.07) is 5.77. The zero-order valence-electron chi connectivity index (χ0n) is 13.3. The van der Waals surface area contributed by atoms with Crippen LogP contribution in [0.15, 0.2) is 18.2 Å². The number of hydrogen-bond acceptors (Lipinski definition) is 2. The molecule has 1 aliphatic heterocycles. The summed E-state index contributed by atoms with van der Waals surface area (Å²) in [5.41, 5.74) is 2.10. The standard InChI is InChI=1S/C17H27FN2/c1-6-17(5)11-20(16(10-19-17)12(2)3)15-8-13(4)7-14(18)9-15/h7-9,12,16,19H,6,10-11H2,1-5H3.